The predicted octanol–water partition coefficient (Wildman–Crippen LogP) is 0.723. The Bertz CT molecular complexity index is 270. The Morgan fingerprint density at radius 2 is 2.21 bits per heavy atom. The molecule has 0 amide bonds. The number of nitrogens with two attached hydrogens (primary N) is 1. The number of nitrogens with zero attached hydrogens (tertiary/aromatic N) is 3. The molecule has 0 bridgehead atoms. The van der Waals surface area contributed by atoms with Crippen molar-refractivity contribution >= 4 is 0 Å². The highest BCUT2D eigenvalue weighted by atomic mass is 16.5. The summed E-state index contributed by atoms with van der Waals surface area (Å²) in [6, 6.07) is -0.0604. The van der Waals surface area contributed by atoms with E-state index in [1.807, 2.05) is 27.0 Å². The van der Waals surface area contributed by atoms with Crippen LogP contribution in [0.15, 0.2) is 6.20 Å². The fourth-order valence-corrected chi connectivity index (χ4v) is 1.01. The zero-order valence-electron chi connectivity index (χ0n) is 8.97. The zero-order valence-corrected chi connectivity index (χ0v) is 8.97. The monoisotopic (exact) mass is 198 g/mol. The molecule has 0 aliphatic rings. The molecule has 0 radical (unpaired) electrons. The molecular weight excluding hydrogens is 180 g/mol. The lowest BCUT2D eigenvalue weighted by molar-refractivity contribution is 0.0707. The molecule has 1 aromatic heterocycles. The van der Waals surface area contributed by atoms with Crippen molar-refractivity contribution in [3.63, 3.8) is 0 Å². The molecule has 0 aromatic carbocycles. The van der Waals surface area contributed by atoms with Crippen molar-refractivity contribution in [2.45, 2.75) is 39.5 Å². The maximum atomic E-state index is 5.66. The van der Waals surface area contributed by atoms with Gasteiger partial charge in [0.05, 0.1) is 31.1 Å². The molecule has 5 nitrogen and oxygen atoms in total. The first-order valence-corrected chi connectivity index (χ1v) is 4.87. The van der Waals surface area contributed by atoms with Crippen molar-refractivity contribution in [2.75, 3.05) is 6.61 Å². The van der Waals surface area contributed by atoms with Crippen LogP contribution in [0.4, 0.5) is 0 Å². The van der Waals surface area contributed by atoms with E-state index in [1.165, 1.54) is 0 Å². The van der Waals surface area contributed by atoms with Crippen LogP contribution in [0.5, 0.6) is 0 Å². The Morgan fingerprint density at radius 1 is 1.50 bits per heavy atom. The van der Waals surface area contributed by atoms with Gasteiger partial charge in [-0.2, -0.15) is 0 Å². The minimum Gasteiger partial charge on any atom is -0.377 e. The molecule has 0 aliphatic heterocycles. The van der Waals surface area contributed by atoms with Crippen LogP contribution in [0.25, 0.3) is 0 Å². The Hall–Kier alpha value is -0.940. The summed E-state index contributed by atoms with van der Waals surface area (Å²) in [5.74, 6) is 0. The van der Waals surface area contributed by atoms with Gasteiger partial charge in [-0.1, -0.05) is 5.21 Å². The summed E-state index contributed by atoms with van der Waals surface area (Å²) in [6.07, 6.45) is 2.11. The van der Waals surface area contributed by atoms with Gasteiger partial charge in [0.25, 0.3) is 0 Å². The summed E-state index contributed by atoms with van der Waals surface area (Å²) < 4.78 is 7.15. The maximum Gasteiger partial charge on any atom is 0.0991 e. The van der Waals surface area contributed by atoms with E-state index < -0.39 is 0 Å². The van der Waals surface area contributed by atoms with E-state index in [0.29, 0.717) is 6.61 Å². The van der Waals surface area contributed by atoms with Crippen LogP contribution < -0.4 is 5.73 Å². The van der Waals surface area contributed by atoms with Gasteiger partial charge >= 0.3 is 0 Å². The fourth-order valence-electron chi connectivity index (χ4n) is 1.01. The fraction of sp³-hybridized carbons (Fsp3) is 0.778. The van der Waals surface area contributed by atoms with E-state index in [0.717, 1.165) is 12.2 Å². The Labute approximate surface area is 84.2 Å². The van der Waals surface area contributed by atoms with E-state index in [-0.39, 0.29) is 12.1 Å². The smallest absolute Gasteiger partial charge is 0.0991 e. The standard InChI is InChI=1S/C9H18N4O/c1-7(2)14-5-4-13-6-9(8(3)10)11-12-13/h6-8H,4-5,10H2,1-3H3. The van der Waals surface area contributed by atoms with Gasteiger partial charge in [0.15, 0.2) is 0 Å². The molecule has 14 heavy (non-hydrogen) atoms. The number of ether oxygens (including phenoxy) is 1. The van der Waals surface area contributed by atoms with E-state index in [2.05, 4.69) is 10.3 Å². The third-order valence-corrected chi connectivity index (χ3v) is 1.79. The van der Waals surface area contributed by atoms with Crippen LogP contribution >= 0.6 is 0 Å². The molecule has 5 heteroatoms. The van der Waals surface area contributed by atoms with Crippen molar-refractivity contribution < 1.29 is 4.74 Å². The Morgan fingerprint density at radius 3 is 2.71 bits per heavy atom. The Kier molecular flexibility index (Phi) is 4.03. The van der Waals surface area contributed by atoms with Gasteiger partial charge in [-0.05, 0) is 20.8 Å². The highest BCUT2D eigenvalue weighted by Gasteiger charge is 2.04. The van der Waals surface area contributed by atoms with Gasteiger partial charge in [-0.3, -0.25) is 0 Å². The zero-order chi connectivity index (χ0) is 10.6. The van der Waals surface area contributed by atoms with Crippen molar-refractivity contribution in [1.82, 2.24) is 15.0 Å². The third kappa shape index (κ3) is 3.43. The largest absolute Gasteiger partial charge is 0.377 e. The van der Waals surface area contributed by atoms with Crippen molar-refractivity contribution in [2.24, 2.45) is 5.73 Å². The Balaban J connectivity index is 2.36. The number of rotatable bonds is 5. The lowest BCUT2D eigenvalue weighted by atomic mass is 10.3. The van der Waals surface area contributed by atoms with Gasteiger partial charge < -0.3 is 10.5 Å². The molecule has 1 atom stereocenters. The average Bonchev–Trinajstić information content (AvgIpc) is 2.52. The highest BCUT2D eigenvalue weighted by molar-refractivity contribution is 4.97. The third-order valence-electron chi connectivity index (χ3n) is 1.79. The SMILES string of the molecule is CC(C)OCCn1cc(C(C)N)nn1. The first-order valence-electron chi connectivity index (χ1n) is 4.87. The van der Waals surface area contributed by atoms with Gasteiger partial charge in [0.1, 0.15) is 0 Å². The molecule has 1 heterocycles. The van der Waals surface area contributed by atoms with E-state index >= 15 is 0 Å². The molecule has 1 rings (SSSR count). The first-order chi connectivity index (χ1) is 6.59. The number of aromatic nitrogens is 3. The maximum absolute atomic E-state index is 5.66. The number of hydrogen-bond donors (Lipinski definition) is 1. The first kappa shape index (κ1) is 11.1. The van der Waals surface area contributed by atoms with Crippen LogP contribution in [0, 0.1) is 0 Å². The minimum atomic E-state index is -0.0604. The molecule has 0 saturated carbocycles. The summed E-state index contributed by atoms with van der Waals surface area (Å²) in [6.45, 7) is 7.28. The predicted molar refractivity (Wildman–Crippen MR) is 53.7 cm³/mol. The van der Waals surface area contributed by atoms with Crippen LogP contribution in [0.1, 0.15) is 32.5 Å². The van der Waals surface area contributed by atoms with Gasteiger partial charge in [-0.15, -0.1) is 5.10 Å². The lowest BCUT2D eigenvalue weighted by Gasteiger charge is -2.06. The quantitative estimate of drug-likeness (QED) is 0.757. The second-order valence-electron chi connectivity index (χ2n) is 3.61. The van der Waals surface area contributed by atoms with E-state index in [4.69, 9.17) is 10.5 Å². The molecule has 80 valence electrons. The van der Waals surface area contributed by atoms with Gasteiger partial charge in [0, 0.05) is 6.04 Å². The molecular formula is C9H18N4O. The van der Waals surface area contributed by atoms with Gasteiger partial charge in [-0.25, -0.2) is 4.68 Å². The van der Waals surface area contributed by atoms with Crippen molar-refractivity contribution in [3.8, 4) is 0 Å². The molecule has 0 saturated heterocycles. The topological polar surface area (TPSA) is 66.0 Å². The summed E-state index contributed by atoms with van der Waals surface area (Å²) in [5, 5.41) is 7.89. The highest BCUT2D eigenvalue weighted by Crippen LogP contribution is 2.03. The van der Waals surface area contributed by atoms with E-state index in [9.17, 15) is 0 Å². The van der Waals surface area contributed by atoms with Crippen LogP contribution in [0.2, 0.25) is 0 Å². The van der Waals surface area contributed by atoms with Crippen molar-refractivity contribution in [1.29, 1.82) is 0 Å². The second kappa shape index (κ2) is 5.07. The van der Waals surface area contributed by atoms with Crippen LogP contribution in [-0.4, -0.2) is 27.7 Å². The normalized spacial score (nSPS) is 13.5. The molecule has 1 aromatic rings. The summed E-state index contributed by atoms with van der Waals surface area (Å²) in [7, 11) is 0. The number of hydrogen-bond acceptors (Lipinski definition) is 4. The molecule has 2 N–H and O–H groups in total. The summed E-state index contributed by atoms with van der Waals surface area (Å²) >= 11 is 0. The average molecular weight is 198 g/mol. The van der Waals surface area contributed by atoms with Crippen LogP contribution in [0.3, 0.4) is 0 Å². The summed E-state index contributed by atoms with van der Waals surface area (Å²) in [5.41, 5.74) is 6.47. The van der Waals surface area contributed by atoms with Crippen LogP contribution in [-0.2, 0) is 11.3 Å². The molecule has 0 spiro atoms. The van der Waals surface area contributed by atoms with Crippen molar-refractivity contribution in [3.05, 3.63) is 11.9 Å². The molecule has 1 unspecified atom stereocenters. The minimum absolute atomic E-state index is 0.0604. The van der Waals surface area contributed by atoms with E-state index in [1.54, 1.807) is 4.68 Å². The molecule has 0 fully saturated rings. The second-order valence-corrected chi connectivity index (χ2v) is 3.61. The summed E-state index contributed by atoms with van der Waals surface area (Å²) in [4.78, 5) is 0. The van der Waals surface area contributed by atoms with Gasteiger partial charge in [0.2, 0.25) is 0 Å². The lowest BCUT2D eigenvalue weighted by Crippen LogP contribution is -2.11. The molecule has 0 aliphatic carbocycles.